The quantitative estimate of drug-likeness (QED) is 0.628. The number of nitrogens with one attached hydrogen (secondary N) is 1. The third-order valence-corrected chi connectivity index (χ3v) is 9.04. The smallest absolute Gasteiger partial charge is 0.318 e. The number of hydrogen-bond donors (Lipinski definition) is 1. The van der Waals surface area contributed by atoms with Gasteiger partial charge in [0, 0.05) is 49.5 Å². The summed E-state index contributed by atoms with van der Waals surface area (Å²) >= 11 is 0. The molecule has 6 rings (SSSR count). The highest BCUT2D eigenvalue weighted by atomic mass is 16.5. The lowest BCUT2D eigenvalue weighted by Crippen LogP contribution is -2.51. The van der Waals surface area contributed by atoms with E-state index in [1.165, 1.54) is 41.6 Å². The van der Waals surface area contributed by atoms with Crippen LogP contribution in [0.4, 0.5) is 11.5 Å². The van der Waals surface area contributed by atoms with E-state index in [0.717, 1.165) is 76.0 Å². The maximum absolute atomic E-state index is 9.28. The Balaban J connectivity index is 1.30. The molecular weight excluding hydrogens is 474 g/mol. The van der Waals surface area contributed by atoms with Crippen molar-refractivity contribution in [3.8, 4) is 12.1 Å². The van der Waals surface area contributed by atoms with Gasteiger partial charge in [-0.3, -0.25) is 0 Å². The average molecular weight is 516 g/mol. The Labute approximate surface area is 227 Å². The first-order valence-electron chi connectivity index (χ1n) is 14.5. The number of nitrogens with zero attached hydrogens (tertiary/aromatic N) is 6. The van der Waals surface area contributed by atoms with Crippen LogP contribution in [-0.2, 0) is 25.8 Å². The Morgan fingerprint density at radius 2 is 2.03 bits per heavy atom. The first-order chi connectivity index (χ1) is 18.6. The van der Waals surface area contributed by atoms with Crippen LogP contribution in [0.25, 0.3) is 0 Å². The Bertz CT molecular complexity index is 1190. The third kappa shape index (κ3) is 5.19. The molecular formula is C30H41N7O. The predicted molar refractivity (Wildman–Crippen MR) is 150 cm³/mol. The number of benzene rings is 1. The standard InChI is InChI=1S/C30H41N7O/c1-21-8-9-25-22(17-21)5-3-7-28(25)36-15-11-26-27(19-36)33-30(38-20-24-6-4-14-35(24)2)34-29(26)37-16-13-32-23(18-37)10-12-31/h3,5,7,21,23-24,32H,4,6,8-11,13-20H2,1-2H3/t21?,23-,24-/m0/s1. The Kier molecular flexibility index (Phi) is 7.40. The number of ether oxygens (including phenoxy) is 1. The maximum atomic E-state index is 9.28. The van der Waals surface area contributed by atoms with Crippen LogP contribution in [0.5, 0.6) is 6.01 Å². The van der Waals surface area contributed by atoms with E-state index in [0.29, 0.717) is 25.1 Å². The summed E-state index contributed by atoms with van der Waals surface area (Å²) in [5.74, 6) is 1.77. The number of likely N-dealkylation sites (N-methyl/N-ethyl adjacent to an activating group) is 1. The van der Waals surface area contributed by atoms with E-state index in [-0.39, 0.29) is 6.04 Å². The molecule has 0 bridgehead atoms. The molecule has 8 heteroatoms. The first-order valence-corrected chi connectivity index (χ1v) is 14.5. The fraction of sp³-hybridized carbons (Fsp3) is 0.633. The highest BCUT2D eigenvalue weighted by molar-refractivity contribution is 5.61. The van der Waals surface area contributed by atoms with Crippen LogP contribution in [0.2, 0.25) is 0 Å². The lowest BCUT2D eigenvalue weighted by atomic mass is 9.83. The monoisotopic (exact) mass is 515 g/mol. The van der Waals surface area contributed by atoms with Crippen molar-refractivity contribution in [2.45, 2.75) is 70.5 Å². The molecule has 1 aromatic carbocycles. The van der Waals surface area contributed by atoms with E-state index < -0.39 is 0 Å². The van der Waals surface area contributed by atoms with Gasteiger partial charge in [-0.25, -0.2) is 0 Å². The van der Waals surface area contributed by atoms with Gasteiger partial charge in [-0.15, -0.1) is 0 Å². The summed E-state index contributed by atoms with van der Waals surface area (Å²) in [5, 5.41) is 12.8. The highest BCUT2D eigenvalue weighted by Gasteiger charge is 2.30. The van der Waals surface area contributed by atoms with Crippen LogP contribution in [-0.4, -0.2) is 73.3 Å². The lowest BCUT2D eigenvalue weighted by Gasteiger charge is -2.38. The third-order valence-electron chi connectivity index (χ3n) is 9.04. The van der Waals surface area contributed by atoms with Crippen LogP contribution >= 0.6 is 0 Å². The second-order valence-electron chi connectivity index (χ2n) is 11.7. The fourth-order valence-electron chi connectivity index (χ4n) is 6.81. The van der Waals surface area contributed by atoms with E-state index >= 15 is 0 Å². The minimum atomic E-state index is 0.161. The minimum Gasteiger partial charge on any atom is -0.462 e. The second-order valence-corrected chi connectivity index (χ2v) is 11.7. The summed E-state index contributed by atoms with van der Waals surface area (Å²) < 4.78 is 6.30. The Hall–Kier alpha value is -2.89. The minimum absolute atomic E-state index is 0.161. The molecule has 3 aliphatic heterocycles. The molecule has 1 unspecified atom stereocenters. The van der Waals surface area contributed by atoms with Gasteiger partial charge in [0.15, 0.2) is 0 Å². The van der Waals surface area contributed by atoms with Gasteiger partial charge in [-0.1, -0.05) is 19.1 Å². The van der Waals surface area contributed by atoms with Crippen molar-refractivity contribution >= 4 is 11.5 Å². The van der Waals surface area contributed by atoms with Crippen LogP contribution in [0.15, 0.2) is 18.2 Å². The van der Waals surface area contributed by atoms with E-state index in [9.17, 15) is 5.26 Å². The number of anilines is 2. The van der Waals surface area contributed by atoms with E-state index in [1.807, 2.05) is 0 Å². The number of aromatic nitrogens is 2. The molecule has 1 aromatic heterocycles. The zero-order valence-electron chi connectivity index (χ0n) is 23.0. The summed E-state index contributed by atoms with van der Waals surface area (Å²) in [7, 11) is 2.18. The van der Waals surface area contributed by atoms with Crippen molar-refractivity contribution in [2.75, 3.05) is 56.2 Å². The van der Waals surface area contributed by atoms with Gasteiger partial charge >= 0.3 is 6.01 Å². The van der Waals surface area contributed by atoms with Crippen LogP contribution < -0.4 is 19.9 Å². The van der Waals surface area contributed by atoms with Crippen LogP contribution in [0, 0.1) is 17.2 Å². The number of hydrogen-bond acceptors (Lipinski definition) is 8. The van der Waals surface area contributed by atoms with Crippen molar-refractivity contribution in [1.29, 1.82) is 5.26 Å². The molecule has 1 aliphatic carbocycles. The first kappa shape index (κ1) is 25.4. The SMILES string of the molecule is CC1CCc2c(cccc2N2CCc3c(nc(OC[C@@H]4CCCN4C)nc3N3CCN[C@@H](CC#N)C3)C2)C1. The molecule has 0 spiro atoms. The molecule has 1 N–H and O–H groups in total. The molecule has 2 aromatic rings. The highest BCUT2D eigenvalue weighted by Crippen LogP contribution is 2.36. The number of rotatable bonds is 6. The van der Waals surface area contributed by atoms with Crippen LogP contribution in [0.1, 0.15) is 55.0 Å². The Morgan fingerprint density at radius 1 is 1.11 bits per heavy atom. The van der Waals surface area contributed by atoms with E-state index in [4.69, 9.17) is 14.7 Å². The van der Waals surface area contributed by atoms with Crippen LogP contribution in [0.3, 0.4) is 0 Å². The molecule has 8 nitrogen and oxygen atoms in total. The molecule has 0 saturated carbocycles. The molecule has 4 aliphatic rings. The normalized spacial score (nSPS) is 25.6. The van der Waals surface area contributed by atoms with E-state index in [2.05, 4.69) is 58.3 Å². The molecule has 2 saturated heterocycles. The van der Waals surface area contributed by atoms with Gasteiger partial charge in [0.25, 0.3) is 0 Å². The maximum Gasteiger partial charge on any atom is 0.318 e. The van der Waals surface area contributed by atoms with Crippen molar-refractivity contribution in [1.82, 2.24) is 20.2 Å². The second kappa shape index (κ2) is 11.1. The van der Waals surface area contributed by atoms with Gasteiger partial charge in [0.2, 0.25) is 0 Å². The zero-order valence-corrected chi connectivity index (χ0v) is 23.0. The van der Waals surface area contributed by atoms with Crippen molar-refractivity contribution in [3.63, 3.8) is 0 Å². The molecule has 0 radical (unpaired) electrons. The van der Waals surface area contributed by atoms with Crippen molar-refractivity contribution < 1.29 is 4.74 Å². The van der Waals surface area contributed by atoms with Gasteiger partial charge in [0.1, 0.15) is 12.4 Å². The van der Waals surface area contributed by atoms with Gasteiger partial charge < -0.3 is 24.8 Å². The predicted octanol–water partition coefficient (Wildman–Crippen LogP) is 3.33. The summed E-state index contributed by atoms with van der Waals surface area (Å²) in [5.41, 5.74) is 6.78. The summed E-state index contributed by atoms with van der Waals surface area (Å²) in [4.78, 5) is 17.3. The largest absolute Gasteiger partial charge is 0.462 e. The topological polar surface area (TPSA) is 80.6 Å². The van der Waals surface area contributed by atoms with Crippen molar-refractivity contribution in [2.24, 2.45) is 5.92 Å². The van der Waals surface area contributed by atoms with Gasteiger partial charge in [0.05, 0.1) is 24.7 Å². The van der Waals surface area contributed by atoms with Crippen molar-refractivity contribution in [3.05, 3.63) is 40.6 Å². The molecule has 202 valence electrons. The van der Waals surface area contributed by atoms with Gasteiger partial charge in [-0.2, -0.15) is 15.2 Å². The summed E-state index contributed by atoms with van der Waals surface area (Å²) in [6.45, 7) is 8.39. The zero-order chi connectivity index (χ0) is 26.1. The molecule has 3 atom stereocenters. The molecule has 4 heterocycles. The fourth-order valence-corrected chi connectivity index (χ4v) is 6.81. The molecule has 2 fully saturated rings. The van der Waals surface area contributed by atoms with Gasteiger partial charge in [-0.05, 0) is 75.2 Å². The molecule has 38 heavy (non-hydrogen) atoms. The molecule has 0 amide bonds. The summed E-state index contributed by atoms with van der Waals surface area (Å²) in [6.07, 6.45) is 7.41. The number of fused-ring (bicyclic) bond motifs is 2. The average Bonchev–Trinajstić information content (AvgIpc) is 3.35. The number of likely N-dealkylation sites (tertiary alicyclic amines) is 1. The Morgan fingerprint density at radius 3 is 2.87 bits per heavy atom. The number of nitriles is 1. The summed E-state index contributed by atoms with van der Waals surface area (Å²) in [6, 6.07) is 10.3. The number of piperazine rings is 1. The van der Waals surface area contributed by atoms with E-state index in [1.54, 1.807) is 0 Å². The lowest BCUT2D eigenvalue weighted by molar-refractivity contribution is 0.187.